The number of rotatable bonds is 2. The van der Waals surface area contributed by atoms with Crippen LogP contribution in [0.5, 0.6) is 0 Å². The monoisotopic (exact) mass is 336 g/mol. The van der Waals surface area contributed by atoms with E-state index >= 15 is 0 Å². The molecule has 0 amide bonds. The number of Topliss-reactive ketones (excluding diaryl/α,β-unsaturated/α-hetero) is 1. The Morgan fingerprint density at radius 2 is 1.92 bits per heavy atom. The molecule has 0 spiro atoms. The zero-order valence-electron chi connectivity index (χ0n) is 13.1. The van der Waals surface area contributed by atoms with Crippen LogP contribution in [-0.4, -0.2) is 25.4 Å². The van der Waals surface area contributed by atoms with Crippen LogP contribution in [0.3, 0.4) is 0 Å². The highest BCUT2D eigenvalue weighted by Gasteiger charge is 2.16. The van der Waals surface area contributed by atoms with E-state index in [0.29, 0.717) is 22.1 Å². The molecule has 4 rings (SSSR count). The van der Waals surface area contributed by atoms with E-state index in [1.165, 1.54) is 0 Å². The lowest BCUT2D eigenvalue weighted by molar-refractivity contribution is 0.101. The number of aryl methyl sites for hydroxylation is 1. The van der Waals surface area contributed by atoms with Gasteiger partial charge in [-0.3, -0.25) is 9.20 Å². The van der Waals surface area contributed by atoms with Crippen LogP contribution in [0.1, 0.15) is 23.0 Å². The number of nitrogens with zero attached hydrogens (tertiary/aromatic N) is 4. The smallest absolute Gasteiger partial charge is 0.183 e. The van der Waals surface area contributed by atoms with Crippen molar-refractivity contribution in [1.82, 2.24) is 19.6 Å². The maximum atomic E-state index is 11.8. The second kappa shape index (κ2) is 5.39. The van der Waals surface area contributed by atoms with Crippen LogP contribution < -0.4 is 0 Å². The molecule has 24 heavy (non-hydrogen) atoms. The predicted molar refractivity (Wildman–Crippen MR) is 93.5 cm³/mol. The van der Waals surface area contributed by atoms with Crippen molar-refractivity contribution in [2.75, 3.05) is 0 Å². The van der Waals surface area contributed by atoms with Crippen molar-refractivity contribution in [1.29, 1.82) is 0 Å². The summed E-state index contributed by atoms with van der Waals surface area (Å²) in [5, 5.41) is 9.18. The van der Waals surface area contributed by atoms with E-state index in [4.69, 9.17) is 11.6 Å². The minimum Gasteiger partial charge on any atom is -0.295 e. The van der Waals surface area contributed by atoms with E-state index in [9.17, 15) is 4.79 Å². The number of halogens is 1. The van der Waals surface area contributed by atoms with Crippen molar-refractivity contribution in [2.24, 2.45) is 0 Å². The third-order valence-electron chi connectivity index (χ3n) is 4.01. The number of fused-ring (bicyclic) bond motifs is 3. The summed E-state index contributed by atoms with van der Waals surface area (Å²) in [6.07, 6.45) is 0. The average Bonchev–Trinajstić information content (AvgIpc) is 3.01. The third kappa shape index (κ3) is 2.17. The van der Waals surface area contributed by atoms with E-state index < -0.39 is 0 Å². The van der Waals surface area contributed by atoms with Crippen LogP contribution in [0, 0.1) is 6.92 Å². The van der Waals surface area contributed by atoms with Gasteiger partial charge in [-0.1, -0.05) is 23.7 Å². The summed E-state index contributed by atoms with van der Waals surface area (Å²) in [5.41, 5.74) is 4.38. The fourth-order valence-corrected chi connectivity index (χ4v) is 3.03. The normalized spacial score (nSPS) is 11.3. The fraction of sp³-hybridized carbons (Fsp3) is 0.111. The first kappa shape index (κ1) is 14.8. The van der Waals surface area contributed by atoms with Gasteiger partial charge in [-0.05, 0) is 44.2 Å². The van der Waals surface area contributed by atoms with E-state index in [2.05, 4.69) is 15.2 Å². The molecule has 6 heteroatoms. The molecule has 0 aliphatic heterocycles. The molecule has 0 radical (unpaired) electrons. The van der Waals surface area contributed by atoms with Gasteiger partial charge < -0.3 is 0 Å². The Morgan fingerprint density at radius 3 is 2.67 bits per heavy atom. The van der Waals surface area contributed by atoms with Gasteiger partial charge in [0.15, 0.2) is 17.3 Å². The second-order valence-electron chi connectivity index (χ2n) is 5.62. The Hall–Kier alpha value is -2.79. The van der Waals surface area contributed by atoms with Crippen molar-refractivity contribution >= 4 is 34.1 Å². The minimum absolute atomic E-state index is 0.00186. The number of benzene rings is 2. The molecule has 2 aromatic heterocycles. The molecular formula is C18H13ClN4O. The van der Waals surface area contributed by atoms with Crippen LogP contribution in [0.4, 0.5) is 0 Å². The standard InChI is InChI=1S/C18H13ClN4O/c1-10-17-21-22-18(13-5-3-4-6-14(13)19)23(17)16-9-12(11(2)24)7-8-15(16)20-10/h3-9H,1-2H3. The molecule has 0 aliphatic rings. The maximum Gasteiger partial charge on any atom is 0.183 e. The molecule has 0 unspecified atom stereocenters. The highest BCUT2D eigenvalue weighted by molar-refractivity contribution is 6.33. The molecule has 2 aromatic carbocycles. The van der Waals surface area contributed by atoms with Crippen LogP contribution in [0.2, 0.25) is 5.02 Å². The summed E-state index contributed by atoms with van der Waals surface area (Å²) in [4.78, 5) is 16.3. The quantitative estimate of drug-likeness (QED) is 0.517. The largest absolute Gasteiger partial charge is 0.295 e. The molecule has 5 nitrogen and oxygen atoms in total. The first-order chi connectivity index (χ1) is 11.6. The van der Waals surface area contributed by atoms with Crippen molar-refractivity contribution in [3.63, 3.8) is 0 Å². The van der Waals surface area contributed by atoms with E-state index in [-0.39, 0.29) is 5.78 Å². The minimum atomic E-state index is -0.00186. The summed E-state index contributed by atoms with van der Waals surface area (Å²) in [6, 6.07) is 12.9. The van der Waals surface area contributed by atoms with Gasteiger partial charge in [0.1, 0.15) is 0 Å². The summed E-state index contributed by atoms with van der Waals surface area (Å²) in [7, 11) is 0. The molecule has 0 fully saturated rings. The molecule has 0 aliphatic carbocycles. The van der Waals surface area contributed by atoms with Crippen LogP contribution >= 0.6 is 11.6 Å². The molecule has 2 heterocycles. The van der Waals surface area contributed by atoms with Crippen LogP contribution in [0.15, 0.2) is 42.5 Å². The molecule has 0 bridgehead atoms. The molecule has 0 atom stereocenters. The van der Waals surface area contributed by atoms with Crippen LogP contribution in [-0.2, 0) is 0 Å². The first-order valence-corrected chi connectivity index (χ1v) is 7.85. The van der Waals surface area contributed by atoms with Crippen molar-refractivity contribution in [2.45, 2.75) is 13.8 Å². The van der Waals surface area contributed by atoms with Crippen molar-refractivity contribution < 1.29 is 4.79 Å². The van der Waals surface area contributed by atoms with E-state index in [0.717, 1.165) is 22.3 Å². The van der Waals surface area contributed by atoms with Gasteiger partial charge in [0.2, 0.25) is 0 Å². The summed E-state index contributed by atoms with van der Waals surface area (Å²) in [5.74, 6) is 0.629. The number of hydrogen-bond acceptors (Lipinski definition) is 4. The van der Waals surface area contributed by atoms with Gasteiger partial charge in [0, 0.05) is 11.1 Å². The Labute approximate surface area is 142 Å². The highest BCUT2D eigenvalue weighted by Crippen LogP contribution is 2.29. The summed E-state index contributed by atoms with van der Waals surface area (Å²) in [6.45, 7) is 3.43. The number of hydrogen-bond donors (Lipinski definition) is 0. The van der Waals surface area contributed by atoms with E-state index in [1.807, 2.05) is 47.7 Å². The zero-order valence-corrected chi connectivity index (χ0v) is 13.9. The maximum absolute atomic E-state index is 11.8. The van der Waals surface area contributed by atoms with Gasteiger partial charge in [0.05, 0.1) is 21.7 Å². The summed E-state index contributed by atoms with van der Waals surface area (Å²) < 4.78 is 1.91. The van der Waals surface area contributed by atoms with Gasteiger partial charge >= 0.3 is 0 Å². The third-order valence-corrected chi connectivity index (χ3v) is 4.34. The van der Waals surface area contributed by atoms with Crippen LogP contribution in [0.25, 0.3) is 28.1 Å². The van der Waals surface area contributed by atoms with Gasteiger partial charge in [-0.25, -0.2) is 4.98 Å². The lowest BCUT2D eigenvalue weighted by Crippen LogP contribution is -2.00. The number of carbonyl (C=O) groups excluding carboxylic acids is 1. The Kier molecular flexibility index (Phi) is 3.32. The fourth-order valence-electron chi connectivity index (χ4n) is 2.81. The Bertz CT molecular complexity index is 1120. The predicted octanol–water partition coefficient (Wildman–Crippen LogP) is 4.11. The number of ketones is 1. The van der Waals surface area contributed by atoms with Gasteiger partial charge in [-0.15, -0.1) is 10.2 Å². The molecule has 0 saturated heterocycles. The topological polar surface area (TPSA) is 60.2 Å². The molecule has 0 saturated carbocycles. The zero-order chi connectivity index (χ0) is 16.8. The van der Waals surface area contributed by atoms with Gasteiger partial charge in [0.25, 0.3) is 0 Å². The lowest BCUT2D eigenvalue weighted by Gasteiger charge is -2.08. The highest BCUT2D eigenvalue weighted by atomic mass is 35.5. The van der Waals surface area contributed by atoms with Crippen molar-refractivity contribution in [3.05, 3.63) is 58.7 Å². The second-order valence-corrected chi connectivity index (χ2v) is 6.03. The molecule has 0 N–H and O–H groups in total. The average molecular weight is 337 g/mol. The molecule has 118 valence electrons. The summed E-state index contributed by atoms with van der Waals surface area (Å²) >= 11 is 6.34. The lowest BCUT2D eigenvalue weighted by atomic mass is 10.1. The Balaban J connectivity index is 2.16. The molecule has 4 aromatic rings. The number of aromatic nitrogens is 4. The number of carbonyl (C=O) groups is 1. The first-order valence-electron chi connectivity index (χ1n) is 7.47. The molecular weight excluding hydrogens is 324 g/mol. The van der Waals surface area contributed by atoms with E-state index in [1.54, 1.807) is 13.0 Å². The van der Waals surface area contributed by atoms with Gasteiger partial charge in [-0.2, -0.15) is 0 Å². The SMILES string of the molecule is CC(=O)c1ccc2nc(C)c3nnc(-c4ccccc4Cl)n3c2c1. The van der Waals surface area contributed by atoms with Crippen molar-refractivity contribution in [3.8, 4) is 11.4 Å². The Morgan fingerprint density at radius 1 is 1.12 bits per heavy atom.